The van der Waals surface area contributed by atoms with Crippen molar-refractivity contribution in [1.82, 2.24) is 14.5 Å². The molecule has 0 unspecified atom stereocenters. The number of benzene rings is 1. The van der Waals surface area contributed by atoms with Crippen LogP contribution >= 0.6 is 15.9 Å². The Morgan fingerprint density at radius 1 is 1.20 bits per heavy atom. The van der Waals surface area contributed by atoms with Gasteiger partial charge in [-0.05, 0) is 56.6 Å². The summed E-state index contributed by atoms with van der Waals surface area (Å²) in [7, 11) is 1.82. The van der Waals surface area contributed by atoms with Gasteiger partial charge in [-0.15, -0.1) is 0 Å². The van der Waals surface area contributed by atoms with Crippen LogP contribution < -0.4 is 4.74 Å². The fourth-order valence-corrected chi connectivity index (χ4v) is 3.39. The molecule has 1 aliphatic heterocycles. The Morgan fingerprint density at radius 3 is 2.64 bits per heavy atom. The predicted molar refractivity (Wildman–Crippen MR) is 101 cm³/mol. The van der Waals surface area contributed by atoms with Gasteiger partial charge in [0.15, 0.2) is 0 Å². The first kappa shape index (κ1) is 18.1. The molecule has 1 aromatic heterocycles. The van der Waals surface area contributed by atoms with E-state index in [0.717, 1.165) is 17.4 Å². The minimum Gasteiger partial charge on any atom is -0.465 e. The van der Waals surface area contributed by atoms with Gasteiger partial charge < -0.3 is 9.64 Å². The number of nitrogens with zero attached hydrogens (tertiary/aromatic N) is 3. The SMILES string of the molecule is Cn1c(C(=O)c2ccc(Br)cc2)cnc1OCCCN1CCCCC1. The number of aromatic nitrogens is 2. The summed E-state index contributed by atoms with van der Waals surface area (Å²) in [4.78, 5) is 19.3. The Kier molecular flexibility index (Phi) is 6.26. The highest BCUT2D eigenvalue weighted by Gasteiger charge is 2.17. The van der Waals surface area contributed by atoms with Gasteiger partial charge in [-0.2, -0.15) is 0 Å². The van der Waals surface area contributed by atoms with E-state index in [0.29, 0.717) is 23.9 Å². The molecular formula is C19H24BrN3O2. The topological polar surface area (TPSA) is 47.4 Å². The second-order valence-electron chi connectivity index (χ2n) is 6.43. The molecule has 0 aliphatic carbocycles. The predicted octanol–water partition coefficient (Wildman–Crippen LogP) is 3.67. The Hall–Kier alpha value is -1.66. The number of imidazole rings is 1. The lowest BCUT2D eigenvalue weighted by molar-refractivity contribution is 0.103. The first-order valence-electron chi connectivity index (χ1n) is 8.82. The van der Waals surface area contributed by atoms with Gasteiger partial charge in [0.1, 0.15) is 5.69 Å². The van der Waals surface area contributed by atoms with Crippen molar-refractivity contribution in [2.24, 2.45) is 7.05 Å². The van der Waals surface area contributed by atoms with Crippen LogP contribution in [0.5, 0.6) is 6.01 Å². The number of ketones is 1. The summed E-state index contributed by atoms with van der Waals surface area (Å²) >= 11 is 3.38. The standard InChI is InChI=1S/C19H24BrN3O2/c1-22-17(18(24)15-6-8-16(20)9-7-15)14-21-19(22)25-13-5-12-23-10-3-2-4-11-23/h6-9,14H,2-5,10-13H2,1H3. The van der Waals surface area contributed by atoms with Gasteiger partial charge >= 0.3 is 0 Å². The Balaban J connectivity index is 1.53. The largest absolute Gasteiger partial charge is 0.465 e. The fourth-order valence-electron chi connectivity index (χ4n) is 3.12. The molecule has 0 saturated carbocycles. The molecule has 2 aromatic rings. The number of hydrogen-bond acceptors (Lipinski definition) is 4. The maximum atomic E-state index is 12.6. The zero-order chi connectivity index (χ0) is 17.6. The van der Waals surface area contributed by atoms with Crippen molar-refractivity contribution >= 4 is 21.7 Å². The van der Waals surface area contributed by atoms with E-state index in [2.05, 4.69) is 25.8 Å². The average Bonchev–Trinajstić information content (AvgIpc) is 3.00. The number of carbonyl (C=O) groups excluding carboxylic acids is 1. The first-order valence-corrected chi connectivity index (χ1v) is 9.61. The minimum absolute atomic E-state index is 0.0503. The van der Waals surface area contributed by atoms with Crippen LogP contribution in [0.25, 0.3) is 0 Å². The lowest BCUT2D eigenvalue weighted by Gasteiger charge is -2.26. The molecule has 134 valence electrons. The summed E-state index contributed by atoms with van der Waals surface area (Å²) < 4.78 is 8.46. The van der Waals surface area contributed by atoms with E-state index in [1.165, 1.54) is 32.4 Å². The lowest BCUT2D eigenvalue weighted by atomic mass is 10.1. The molecule has 6 heteroatoms. The quantitative estimate of drug-likeness (QED) is 0.520. The molecule has 5 nitrogen and oxygen atoms in total. The van der Waals surface area contributed by atoms with Gasteiger partial charge in [-0.25, -0.2) is 4.98 Å². The lowest BCUT2D eigenvalue weighted by Crippen LogP contribution is -2.31. The van der Waals surface area contributed by atoms with E-state index in [1.807, 2.05) is 19.2 Å². The molecular weight excluding hydrogens is 382 g/mol. The molecule has 1 saturated heterocycles. The smallest absolute Gasteiger partial charge is 0.296 e. The summed E-state index contributed by atoms with van der Waals surface area (Å²) in [5.74, 6) is -0.0503. The number of piperidine rings is 1. The molecule has 0 amide bonds. The summed E-state index contributed by atoms with van der Waals surface area (Å²) in [6.45, 7) is 4.09. The van der Waals surface area contributed by atoms with Gasteiger partial charge in [0, 0.05) is 23.6 Å². The second-order valence-corrected chi connectivity index (χ2v) is 7.34. The number of likely N-dealkylation sites (tertiary alicyclic amines) is 1. The Morgan fingerprint density at radius 2 is 1.92 bits per heavy atom. The molecule has 0 atom stereocenters. The average molecular weight is 406 g/mol. The van der Waals surface area contributed by atoms with Crippen molar-refractivity contribution < 1.29 is 9.53 Å². The molecule has 25 heavy (non-hydrogen) atoms. The van der Waals surface area contributed by atoms with Crippen LogP contribution in [0.4, 0.5) is 0 Å². The van der Waals surface area contributed by atoms with Crippen molar-refractivity contribution in [2.75, 3.05) is 26.2 Å². The van der Waals surface area contributed by atoms with E-state index < -0.39 is 0 Å². The van der Waals surface area contributed by atoms with E-state index in [-0.39, 0.29) is 5.78 Å². The zero-order valence-electron chi connectivity index (χ0n) is 14.6. The van der Waals surface area contributed by atoms with E-state index in [9.17, 15) is 4.79 Å². The minimum atomic E-state index is -0.0503. The highest BCUT2D eigenvalue weighted by Crippen LogP contribution is 2.17. The van der Waals surface area contributed by atoms with E-state index in [4.69, 9.17) is 4.74 Å². The van der Waals surface area contributed by atoms with Gasteiger partial charge in [-0.3, -0.25) is 9.36 Å². The summed E-state index contributed by atoms with van der Waals surface area (Å²) in [5, 5.41) is 0. The van der Waals surface area contributed by atoms with Crippen molar-refractivity contribution in [3.63, 3.8) is 0 Å². The molecule has 1 fully saturated rings. The monoisotopic (exact) mass is 405 g/mol. The molecule has 3 rings (SSSR count). The third-order valence-electron chi connectivity index (χ3n) is 4.58. The third kappa shape index (κ3) is 4.70. The van der Waals surface area contributed by atoms with E-state index >= 15 is 0 Å². The van der Waals surface area contributed by atoms with Gasteiger partial charge in [0.25, 0.3) is 6.01 Å². The molecule has 1 aliphatic rings. The van der Waals surface area contributed by atoms with Crippen LogP contribution in [-0.2, 0) is 7.05 Å². The summed E-state index contributed by atoms with van der Waals surface area (Å²) in [6.07, 6.45) is 6.53. The number of carbonyl (C=O) groups is 1. The Labute approximate surface area is 157 Å². The number of halogens is 1. The van der Waals surface area contributed by atoms with Crippen molar-refractivity contribution in [1.29, 1.82) is 0 Å². The normalized spacial score (nSPS) is 15.3. The first-order chi connectivity index (χ1) is 12.1. The fraction of sp³-hybridized carbons (Fsp3) is 0.474. The zero-order valence-corrected chi connectivity index (χ0v) is 16.2. The van der Waals surface area contributed by atoms with Crippen LogP contribution in [-0.4, -0.2) is 46.5 Å². The van der Waals surface area contributed by atoms with Crippen molar-refractivity contribution in [3.8, 4) is 6.01 Å². The highest BCUT2D eigenvalue weighted by molar-refractivity contribution is 9.10. The van der Waals surface area contributed by atoms with Crippen LogP contribution in [0.2, 0.25) is 0 Å². The summed E-state index contributed by atoms with van der Waals surface area (Å²) in [6, 6.07) is 7.83. The second kappa shape index (κ2) is 8.63. The molecule has 0 radical (unpaired) electrons. The van der Waals surface area contributed by atoms with Crippen molar-refractivity contribution in [2.45, 2.75) is 25.7 Å². The molecule has 0 N–H and O–H groups in total. The van der Waals surface area contributed by atoms with Gasteiger partial charge in [0.05, 0.1) is 12.8 Å². The van der Waals surface area contributed by atoms with Crippen LogP contribution in [0.3, 0.4) is 0 Å². The third-order valence-corrected chi connectivity index (χ3v) is 5.11. The number of hydrogen-bond donors (Lipinski definition) is 0. The van der Waals surface area contributed by atoms with Gasteiger partial charge in [0.2, 0.25) is 5.78 Å². The van der Waals surface area contributed by atoms with Crippen molar-refractivity contribution in [3.05, 3.63) is 46.2 Å². The van der Waals surface area contributed by atoms with E-state index in [1.54, 1.807) is 22.9 Å². The maximum Gasteiger partial charge on any atom is 0.296 e. The Bertz CT molecular complexity index is 706. The molecule has 0 spiro atoms. The highest BCUT2D eigenvalue weighted by atomic mass is 79.9. The summed E-state index contributed by atoms with van der Waals surface area (Å²) in [5.41, 5.74) is 1.18. The molecule has 2 heterocycles. The number of rotatable bonds is 7. The van der Waals surface area contributed by atoms with Crippen LogP contribution in [0.15, 0.2) is 34.9 Å². The van der Waals surface area contributed by atoms with Gasteiger partial charge in [-0.1, -0.05) is 22.4 Å². The molecule has 0 bridgehead atoms. The van der Waals surface area contributed by atoms with Crippen LogP contribution in [0.1, 0.15) is 41.7 Å². The van der Waals surface area contributed by atoms with Crippen LogP contribution in [0, 0.1) is 0 Å². The maximum absolute atomic E-state index is 12.6. The molecule has 1 aromatic carbocycles. The number of ether oxygens (including phenoxy) is 1.